The summed E-state index contributed by atoms with van der Waals surface area (Å²) in [6, 6.07) is 13.7. The van der Waals surface area contributed by atoms with E-state index in [0.717, 1.165) is 65.8 Å². The zero-order valence-corrected chi connectivity index (χ0v) is 32.9. The van der Waals surface area contributed by atoms with Gasteiger partial charge in [0.25, 0.3) is 0 Å². The number of rotatable bonds is 15. The Kier molecular flexibility index (Phi) is 12.4. The smallest absolute Gasteiger partial charge is 0.408 e. The second-order valence-electron chi connectivity index (χ2n) is 13.9. The highest BCUT2D eigenvalue weighted by Gasteiger charge is 2.31. The van der Waals surface area contributed by atoms with Crippen LogP contribution < -0.4 is 9.47 Å². The van der Waals surface area contributed by atoms with E-state index < -0.39 is 24.8 Å². The van der Waals surface area contributed by atoms with Gasteiger partial charge in [-0.3, -0.25) is 19.5 Å². The van der Waals surface area contributed by atoms with E-state index in [1.165, 1.54) is 12.3 Å². The largest absolute Gasteiger partial charge is 0.495 e. The molecule has 57 heavy (non-hydrogen) atoms. The third-order valence-electron chi connectivity index (χ3n) is 10.0. The number of carbonyl (C=O) groups is 1. The highest BCUT2D eigenvalue weighted by Crippen LogP contribution is 2.46. The van der Waals surface area contributed by atoms with Crippen LogP contribution in [0.1, 0.15) is 36.6 Å². The summed E-state index contributed by atoms with van der Waals surface area (Å²) in [6.07, 6.45) is -0.272. The summed E-state index contributed by atoms with van der Waals surface area (Å²) in [4.78, 5) is 27.0. The monoisotopic (exact) mass is 823 g/mol. The van der Waals surface area contributed by atoms with Gasteiger partial charge in [0.05, 0.1) is 32.2 Å². The average Bonchev–Trinajstić information content (AvgIpc) is 3.82. The predicted octanol–water partition coefficient (Wildman–Crippen LogP) is 7.45. The molecule has 7 rings (SSSR count). The number of para-hydroxylation sites is 1. The number of carboxylic acid groups (broad SMARTS) is 1. The van der Waals surface area contributed by atoms with Crippen LogP contribution in [0.15, 0.2) is 83.5 Å². The first-order chi connectivity index (χ1) is 27.4. The lowest BCUT2D eigenvalue weighted by Crippen LogP contribution is -2.45. The number of aliphatic carboxylic acids is 1. The molecule has 17 heteroatoms. The number of hydrogen-bond donors (Lipinski definition) is 1. The average molecular weight is 824 g/mol. The Hall–Kier alpha value is -5.03. The fourth-order valence-electron chi connectivity index (χ4n) is 6.95. The van der Waals surface area contributed by atoms with E-state index in [9.17, 15) is 23.1 Å². The topological polar surface area (TPSA) is 128 Å². The molecule has 0 radical (unpaired) electrons. The summed E-state index contributed by atoms with van der Waals surface area (Å²) in [7, 11) is 2.13. The van der Waals surface area contributed by atoms with E-state index in [2.05, 4.69) is 31.3 Å². The van der Waals surface area contributed by atoms with Crippen molar-refractivity contribution in [3.63, 3.8) is 0 Å². The van der Waals surface area contributed by atoms with Crippen molar-refractivity contribution in [3.05, 3.63) is 100 Å². The third-order valence-corrected chi connectivity index (χ3v) is 11.3. The van der Waals surface area contributed by atoms with Crippen molar-refractivity contribution < 1.29 is 37.3 Å². The fraction of sp³-hybridized carbons (Fsp3) is 0.375. The molecule has 0 amide bonds. The van der Waals surface area contributed by atoms with Crippen molar-refractivity contribution in [2.45, 2.75) is 51.6 Å². The first kappa shape index (κ1) is 40.2. The number of halogens is 4. The fourth-order valence-corrected chi connectivity index (χ4v) is 7.91. The van der Waals surface area contributed by atoms with E-state index in [0.29, 0.717) is 62.8 Å². The second kappa shape index (κ2) is 17.6. The van der Waals surface area contributed by atoms with E-state index in [1.807, 2.05) is 25.1 Å². The number of benzene rings is 1. The molecule has 1 fully saturated rings. The molecule has 300 valence electrons. The van der Waals surface area contributed by atoms with Crippen LogP contribution in [0.4, 0.5) is 13.2 Å². The van der Waals surface area contributed by atoms with Crippen LogP contribution in [-0.2, 0) is 29.1 Å². The van der Waals surface area contributed by atoms with Gasteiger partial charge in [-0.25, -0.2) is 4.79 Å². The number of alkyl halides is 3. The standard InChI is InChI=1S/C40H41ClF3N7O5S/c1-25-28(10-11-31(36(25)41)54-20-19-50-17-15-49(2)16-18-50)34-35-33(22-46-37(34)29-8-5-6-13-45-29)57-48-38(35)56-32(39(52)53)21-26-7-3-4-9-30(26)55-23-27-12-14-47-51(27)24-40(42,43)44/h3-9,12-14,22,32H,10-11,15-21,23-24H2,1-2H3,(H,52,53)/t32-/m1/s1. The molecule has 2 aliphatic rings. The lowest BCUT2D eigenvalue weighted by atomic mass is 9.88. The first-order valence-corrected chi connectivity index (χ1v) is 19.6. The van der Waals surface area contributed by atoms with Crippen molar-refractivity contribution in [2.75, 3.05) is 46.4 Å². The molecular weight excluding hydrogens is 783 g/mol. The normalized spacial score (nSPS) is 16.3. The molecule has 1 atom stereocenters. The zero-order valence-electron chi connectivity index (χ0n) is 31.3. The van der Waals surface area contributed by atoms with Crippen LogP contribution in [0, 0.1) is 0 Å². The number of hydrogen-bond acceptors (Lipinski definition) is 11. The van der Waals surface area contributed by atoms with Gasteiger partial charge in [-0.2, -0.15) is 22.6 Å². The molecule has 1 aliphatic carbocycles. The maximum absolute atomic E-state index is 13.1. The Bertz CT molecular complexity index is 2270. The number of ether oxygens (including phenoxy) is 3. The molecule has 1 N–H and O–H groups in total. The minimum Gasteiger partial charge on any atom is -0.495 e. The molecule has 5 heterocycles. The number of piperazine rings is 1. The number of likely N-dealkylation sites (N-methyl/N-ethyl adjacent to an activating group) is 1. The quantitative estimate of drug-likeness (QED) is 0.113. The minimum absolute atomic E-state index is 0.112. The van der Waals surface area contributed by atoms with Gasteiger partial charge in [0.2, 0.25) is 12.0 Å². The Labute approximate surface area is 336 Å². The summed E-state index contributed by atoms with van der Waals surface area (Å²) in [5.74, 6) is -0.111. The summed E-state index contributed by atoms with van der Waals surface area (Å²) in [5.41, 5.74) is 4.26. The van der Waals surface area contributed by atoms with E-state index in [1.54, 1.807) is 36.7 Å². The number of aromatic nitrogens is 5. The van der Waals surface area contributed by atoms with Gasteiger partial charge in [0.15, 0.2) is 0 Å². The third kappa shape index (κ3) is 9.58. The maximum Gasteiger partial charge on any atom is 0.408 e. The van der Waals surface area contributed by atoms with Crippen molar-refractivity contribution in [3.8, 4) is 23.0 Å². The van der Waals surface area contributed by atoms with Gasteiger partial charge in [0, 0.05) is 69.7 Å². The molecule has 1 aliphatic heterocycles. The van der Waals surface area contributed by atoms with Crippen LogP contribution in [0.5, 0.6) is 11.6 Å². The number of fused-ring (bicyclic) bond motifs is 1. The number of pyridine rings is 2. The lowest BCUT2D eigenvalue weighted by molar-refractivity contribution is -0.145. The van der Waals surface area contributed by atoms with Crippen LogP contribution >= 0.6 is 23.1 Å². The molecule has 0 bridgehead atoms. The summed E-state index contributed by atoms with van der Waals surface area (Å²) < 4.78 is 63.9. The summed E-state index contributed by atoms with van der Waals surface area (Å²) in [6.45, 7) is 5.82. The van der Waals surface area contributed by atoms with Crippen molar-refractivity contribution in [2.24, 2.45) is 0 Å². The number of nitrogens with zero attached hydrogens (tertiary/aromatic N) is 7. The number of carboxylic acids is 1. The van der Waals surface area contributed by atoms with E-state index in [-0.39, 0.29) is 24.6 Å². The first-order valence-electron chi connectivity index (χ1n) is 18.5. The maximum atomic E-state index is 13.1. The van der Waals surface area contributed by atoms with Gasteiger partial charge in [-0.1, -0.05) is 35.9 Å². The predicted molar refractivity (Wildman–Crippen MR) is 210 cm³/mol. The Morgan fingerprint density at radius 1 is 1.02 bits per heavy atom. The summed E-state index contributed by atoms with van der Waals surface area (Å²) >= 11 is 8.19. The zero-order chi connectivity index (χ0) is 40.1. The van der Waals surface area contributed by atoms with E-state index >= 15 is 0 Å². The Morgan fingerprint density at radius 3 is 2.56 bits per heavy atom. The molecule has 12 nitrogen and oxygen atoms in total. The molecule has 0 unspecified atom stereocenters. The van der Waals surface area contributed by atoms with Crippen molar-refractivity contribution >= 4 is 44.8 Å². The SMILES string of the molecule is CC1=C(c2c(-c3ccccn3)ncc3snc(O[C@H](Cc4ccccc4OCc4ccnn4CC(F)(F)F)C(=O)O)c23)CCC(OCCN2CCN(C)CC2)=C1Cl. The molecule has 5 aromatic rings. The lowest BCUT2D eigenvalue weighted by Gasteiger charge is -2.32. The van der Waals surface area contributed by atoms with Gasteiger partial charge < -0.3 is 24.2 Å². The van der Waals surface area contributed by atoms with Crippen LogP contribution in [0.25, 0.3) is 27.0 Å². The highest BCUT2D eigenvalue weighted by atomic mass is 35.5. The molecule has 4 aromatic heterocycles. The van der Waals surface area contributed by atoms with Crippen LogP contribution in [0.3, 0.4) is 0 Å². The number of allylic oxidation sites excluding steroid dienone is 4. The van der Waals surface area contributed by atoms with Crippen molar-refractivity contribution in [1.29, 1.82) is 0 Å². The van der Waals surface area contributed by atoms with Crippen LogP contribution in [0.2, 0.25) is 0 Å². The van der Waals surface area contributed by atoms with Gasteiger partial charge in [-0.15, -0.1) is 0 Å². The Balaban J connectivity index is 1.18. The van der Waals surface area contributed by atoms with Gasteiger partial charge in [0.1, 0.15) is 31.3 Å². The molecule has 0 spiro atoms. The van der Waals surface area contributed by atoms with E-state index in [4.69, 9.17) is 30.8 Å². The molecule has 1 aromatic carbocycles. The van der Waals surface area contributed by atoms with Crippen molar-refractivity contribution in [1.82, 2.24) is 33.9 Å². The minimum atomic E-state index is -4.46. The Morgan fingerprint density at radius 2 is 1.81 bits per heavy atom. The second-order valence-corrected chi connectivity index (χ2v) is 15.1. The molecular formula is C40H41ClF3N7O5S. The van der Waals surface area contributed by atoms with Crippen LogP contribution in [-0.4, -0.2) is 104 Å². The molecule has 1 saturated heterocycles. The summed E-state index contributed by atoms with van der Waals surface area (Å²) in [5, 5.41) is 15.3. The van der Waals surface area contributed by atoms with Gasteiger partial charge >= 0.3 is 12.1 Å². The van der Waals surface area contributed by atoms with Gasteiger partial charge in [-0.05, 0) is 72.9 Å². The molecule has 0 saturated carbocycles. The highest BCUT2D eigenvalue weighted by molar-refractivity contribution is 7.13.